The number of carbonyl (C=O) groups excluding carboxylic acids is 2. The first kappa shape index (κ1) is 16.3. The smallest absolute Gasteiger partial charge is 0.264 e. The molecule has 2 amide bonds. The zero-order valence-electron chi connectivity index (χ0n) is 12.9. The maximum absolute atomic E-state index is 12.6. The van der Waals surface area contributed by atoms with Crippen LogP contribution in [0.25, 0.3) is 0 Å². The Morgan fingerprint density at radius 3 is 2.78 bits per heavy atom. The Hall–Kier alpha value is -1.60. The van der Waals surface area contributed by atoms with Crippen molar-refractivity contribution in [2.45, 2.75) is 26.3 Å². The van der Waals surface area contributed by atoms with E-state index in [1.807, 2.05) is 19.1 Å². The van der Waals surface area contributed by atoms with E-state index in [1.165, 1.54) is 11.3 Å². The summed E-state index contributed by atoms with van der Waals surface area (Å²) in [5, 5.41) is 3.63. The van der Waals surface area contributed by atoms with Gasteiger partial charge in [0.25, 0.3) is 5.91 Å². The standard InChI is InChI=1S/C16H17BrN2O3S/c1-9-7-13(18-15(20)10-3-4-10)23-14(9)16(21)19(2)8-11-5-6-12(17)22-11/h5-7,10H,3-4,8H2,1-2H3,(H,18,20). The minimum atomic E-state index is -0.0769. The van der Waals surface area contributed by atoms with E-state index >= 15 is 0 Å². The van der Waals surface area contributed by atoms with Crippen LogP contribution in [0, 0.1) is 12.8 Å². The first-order chi connectivity index (χ1) is 10.9. The van der Waals surface area contributed by atoms with Crippen LogP contribution in [0.3, 0.4) is 0 Å². The number of amides is 2. The number of carbonyl (C=O) groups is 2. The van der Waals surface area contributed by atoms with Crippen LogP contribution >= 0.6 is 27.3 Å². The number of halogens is 1. The highest BCUT2D eigenvalue weighted by molar-refractivity contribution is 9.10. The maximum atomic E-state index is 12.6. The van der Waals surface area contributed by atoms with Crippen molar-refractivity contribution in [1.82, 2.24) is 4.90 Å². The predicted octanol–water partition coefficient (Wildman–Crippen LogP) is 4.03. The molecule has 5 nitrogen and oxygen atoms in total. The Kier molecular flexibility index (Phi) is 4.59. The van der Waals surface area contributed by atoms with Crippen molar-refractivity contribution in [2.75, 3.05) is 12.4 Å². The lowest BCUT2D eigenvalue weighted by Crippen LogP contribution is -2.25. The lowest BCUT2D eigenvalue weighted by Gasteiger charge is -2.15. The fraction of sp³-hybridized carbons (Fsp3) is 0.375. The highest BCUT2D eigenvalue weighted by Gasteiger charge is 2.30. The van der Waals surface area contributed by atoms with Gasteiger partial charge in [0.1, 0.15) is 5.76 Å². The summed E-state index contributed by atoms with van der Waals surface area (Å²) in [5.74, 6) is 0.840. The lowest BCUT2D eigenvalue weighted by molar-refractivity contribution is -0.117. The molecule has 2 aromatic heterocycles. The van der Waals surface area contributed by atoms with Gasteiger partial charge in [0.05, 0.1) is 16.4 Å². The van der Waals surface area contributed by atoms with E-state index in [9.17, 15) is 9.59 Å². The Bertz CT molecular complexity index is 748. The molecule has 1 N–H and O–H groups in total. The first-order valence-electron chi connectivity index (χ1n) is 7.35. The quantitative estimate of drug-likeness (QED) is 0.829. The number of aryl methyl sites for hydroxylation is 1. The van der Waals surface area contributed by atoms with E-state index in [4.69, 9.17) is 4.42 Å². The number of hydrogen-bond acceptors (Lipinski definition) is 4. The first-order valence-corrected chi connectivity index (χ1v) is 8.96. The van der Waals surface area contributed by atoms with Gasteiger partial charge in [0.2, 0.25) is 5.91 Å². The second kappa shape index (κ2) is 6.49. The summed E-state index contributed by atoms with van der Waals surface area (Å²) in [6.45, 7) is 2.28. The summed E-state index contributed by atoms with van der Waals surface area (Å²) in [6, 6.07) is 5.49. The van der Waals surface area contributed by atoms with Crippen LogP contribution in [0.15, 0.2) is 27.3 Å². The van der Waals surface area contributed by atoms with Crippen LogP contribution < -0.4 is 5.32 Å². The molecule has 0 bridgehead atoms. The molecule has 0 spiro atoms. The Morgan fingerprint density at radius 2 is 2.17 bits per heavy atom. The minimum Gasteiger partial charge on any atom is -0.452 e. The third kappa shape index (κ3) is 3.84. The molecule has 2 heterocycles. The van der Waals surface area contributed by atoms with Crippen molar-refractivity contribution >= 4 is 44.1 Å². The molecule has 1 saturated carbocycles. The largest absolute Gasteiger partial charge is 0.452 e. The molecule has 1 aliphatic carbocycles. The second-order valence-electron chi connectivity index (χ2n) is 5.75. The molecule has 7 heteroatoms. The van der Waals surface area contributed by atoms with Gasteiger partial charge in [-0.25, -0.2) is 0 Å². The molecule has 23 heavy (non-hydrogen) atoms. The number of anilines is 1. The van der Waals surface area contributed by atoms with Gasteiger partial charge in [-0.3, -0.25) is 9.59 Å². The van der Waals surface area contributed by atoms with Gasteiger partial charge in [-0.05, 0) is 59.5 Å². The van der Waals surface area contributed by atoms with Gasteiger partial charge >= 0.3 is 0 Å². The van der Waals surface area contributed by atoms with Crippen molar-refractivity contribution in [1.29, 1.82) is 0 Å². The highest BCUT2D eigenvalue weighted by Crippen LogP contribution is 2.33. The van der Waals surface area contributed by atoms with Crippen molar-refractivity contribution < 1.29 is 14.0 Å². The van der Waals surface area contributed by atoms with Crippen molar-refractivity contribution in [3.05, 3.63) is 39.1 Å². The number of nitrogens with one attached hydrogen (secondary N) is 1. The summed E-state index contributed by atoms with van der Waals surface area (Å²) in [4.78, 5) is 26.7. The monoisotopic (exact) mass is 396 g/mol. The van der Waals surface area contributed by atoms with E-state index in [2.05, 4.69) is 21.2 Å². The van der Waals surface area contributed by atoms with Crippen molar-refractivity contribution in [2.24, 2.45) is 5.92 Å². The molecule has 0 saturated heterocycles. The third-order valence-corrected chi connectivity index (χ3v) is 5.24. The van der Waals surface area contributed by atoms with Gasteiger partial charge in [-0.15, -0.1) is 11.3 Å². The average molecular weight is 397 g/mol. The van der Waals surface area contributed by atoms with E-state index in [0.717, 1.165) is 23.4 Å². The molecule has 0 atom stereocenters. The number of furan rings is 1. The van der Waals surface area contributed by atoms with Gasteiger partial charge in [0.15, 0.2) is 4.67 Å². The van der Waals surface area contributed by atoms with E-state index in [0.29, 0.717) is 21.9 Å². The summed E-state index contributed by atoms with van der Waals surface area (Å²) >= 11 is 4.57. The molecule has 0 unspecified atom stereocenters. The summed E-state index contributed by atoms with van der Waals surface area (Å²) in [7, 11) is 1.74. The van der Waals surface area contributed by atoms with Gasteiger partial charge < -0.3 is 14.6 Å². The van der Waals surface area contributed by atoms with Crippen LogP contribution in [-0.4, -0.2) is 23.8 Å². The third-order valence-electron chi connectivity index (χ3n) is 3.68. The Morgan fingerprint density at radius 1 is 1.43 bits per heavy atom. The van der Waals surface area contributed by atoms with Crippen LogP contribution in [0.5, 0.6) is 0 Å². The van der Waals surface area contributed by atoms with E-state index < -0.39 is 0 Å². The summed E-state index contributed by atoms with van der Waals surface area (Å²) in [6.07, 6.45) is 1.92. The van der Waals surface area contributed by atoms with Crippen LogP contribution in [0.2, 0.25) is 0 Å². The molecule has 0 aliphatic heterocycles. The lowest BCUT2D eigenvalue weighted by atomic mass is 10.2. The SMILES string of the molecule is Cc1cc(NC(=O)C2CC2)sc1C(=O)N(C)Cc1ccc(Br)o1. The van der Waals surface area contributed by atoms with Crippen molar-refractivity contribution in [3.8, 4) is 0 Å². The van der Waals surface area contributed by atoms with Crippen molar-refractivity contribution in [3.63, 3.8) is 0 Å². The summed E-state index contributed by atoms with van der Waals surface area (Å²) in [5.41, 5.74) is 0.874. The minimum absolute atomic E-state index is 0.0547. The van der Waals surface area contributed by atoms with Crippen LogP contribution in [0.1, 0.15) is 33.8 Å². The molecule has 3 rings (SSSR count). The predicted molar refractivity (Wildman–Crippen MR) is 92.6 cm³/mol. The molecule has 122 valence electrons. The molecular weight excluding hydrogens is 380 g/mol. The van der Waals surface area contributed by atoms with E-state index in [1.54, 1.807) is 18.0 Å². The fourth-order valence-electron chi connectivity index (χ4n) is 2.24. The zero-order valence-corrected chi connectivity index (χ0v) is 15.3. The zero-order chi connectivity index (χ0) is 16.6. The Labute approximate surface area is 146 Å². The maximum Gasteiger partial charge on any atom is 0.264 e. The van der Waals surface area contributed by atoms with Crippen LogP contribution in [0.4, 0.5) is 5.00 Å². The number of thiophene rings is 1. The molecule has 0 aromatic carbocycles. The van der Waals surface area contributed by atoms with E-state index in [-0.39, 0.29) is 17.7 Å². The second-order valence-corrected chi connectivity index (χ2v) is 7.59. The molecular formula is C16H17BrN2O3S. The van der Waals surface area contributed by atoms with Gasteiger partial charge in [-0.2, -0.15) is 0 Å². The van der Waals surface area contributed by atoms with Crippen LogP contribution in [-0.2, 0) is 11.3 Å². The summed E-state index contributed by atoms with van der Waals surface area (Å²) < 4.78 is 6.07. The van der Waals surface area contributed by atoms with Gasteiger partial charge in [0, 0.05) is 13.0 Å². The fourth-order valence-corrected chi connectivity index (χ4v) is 3.65. The van der Waals surface area contributed by atoms with Gasteiger partial charge in [-0.1, -0.05) is 0 Å². The highest BCUT2D eigenvalue weighted by atomic mass is 79.9. The normalized spacial score (nSPS) is 13.9. The number of rotatable bonds is 5. The number of hydrogen-bond donors (Lipinski definition) is 1. The topological polar surface area (TPSA) is 62.6 Å². The molecule has 2 aromatic rings. The molecule has 1 aliphatic rings. The Balaban J connectivity index is 1.68. The number of nitrogens with zero attached hydrogens (tertiary/aromatic N) is 1. The molecule has 0 radical (unpaired) electrons. The molecule has 1 fully saturated rings. The average Bonchev–Trinajstić information content (AvgIpc) is 3.19.